The molecule has 1 amide bonds. The second-order valence-corrected chi connectivity index (χ2v) is 9.24. The molecule has 3 N–H and O–H groups in total. The van der Waals surface area contributed by atoms with Crippen LogP contribution >= 0.6 is 22.7 Å². The monoisotopic (exact) mass is 408 g/mol. The zero-order chi connectivity index (χ0) is 18.6. The first-order chi connectivity index (χ1) is 12.5. The Kier molecular flexibility index (Phi) is 5.60. The van der Waals surface area contributed by atoms with Crippen molar-refractivity contribution < 1.29 is 18.3 Å². The summed E-state index contributed by atoms with van der Waals surface area (Å²) in [6.07, 6.45) is 0.711. The van der Waals surface area contributed by atoms with Crippen molar-refractivity contribution in [3.63, 3.8) is 0 Å². The van der Waals surface area contributed by atoms with E-state index in [9.17, 15) is 18.3 Å². The molecule has 0 spiro atoms. The Labute approximate surface area is 159 Å². The minimum absolute atomic E-state index is 0.0928. The van der Waals surface area contributed by atoms with Crippen molar-refractivity contribution in [2.24, 2.45) is 0 Å². The molecule has 0 aliphatic rings. The van der Waals surface area contributed by atoms with Crippen molar-refractivity contribution in [1.29, 1.82) is 0 Å². The van der Waals surface area contributed by atoms with Gasteiger partial charge in [0.1, 0.15) is 9.96 Å². The molecule has 1 aromatic carbocycles. The van der Waals surface area contributed by atoms with E-state index < -0.39 is 15.9 Å². The molecule has 0 saturated heterocycles. The molecule has 0 unspecified atom stereocenters. The molecule has 26 heavy (non-hydrogen) atoms. The second-order valence-electron chi connectivity index (χ2n) is 5.35. The Morgan fingerprint density at radius 3 is 2.50 bits per heavy atom. The van der Waals surface area contributed by atoms with Gasteiger partial charge in [-0.05, 0) is 41.4 Å². The van der Waals surface area contributed by atoms with E-state index in [-0.39, 0.29) is 21.2 Å². The summed E-state index contributed by atoms with van der Waals surface area (Å²) in [5.41, 5.74) is 0.279. The number of phenolic OH excluding ortho intramolecular Hbond substituents is 1. The molecule has 0 bridgehead atoms. The summed E-state index contributed by atoms with van der Waals surface area (Å²) in [5, 5.41) is 16.5. The third-order valence-electron chi connectivity index (χ3n) is 3.49. The van der Waals surface area contributed by atoms with Crippen LogP contribution in [0.25, 0.3) is 0 Å². The summed E-state index contributed by atoms with van der Waals surface area (Å²) in [7, 11) is -3.70. The van der Waals surface area contributed by atoms with Crippen LogP contribution in [0.15, 0.2) is 57.4 Å². The molecule has 3 rings (SSSR count). The normalized spacial score (nSPS) is 11.2. The number of hydrogen-bond donors (Lipinski definition) is 3. The number of amides is 1. The maximum Gasteiger partial charge on any atom is 0.271 e. The highest BCUT2D eigenvalue weighted by Gasteiger charge is 2.17. The lowest BCUT2D eigenvalue weighted by molar-refractivity contribution is 0.0951. The second kappa shape index (κ2) is 7.90. The van der Waals surface area contributed by atoms with Crippen molar-refractivity contribution in [1.82, 2.24) is 5.32 Å². The fourth-order valence-corrected chi connectivity index (χ4v) is 5.01. The number of nitrogens with one attached hydrogen (secondary N) is 2. The van der Waals surface area contributed by atoms with Gasteiger partial charge in [-0.3, -0.25) is 9.52 Å². The standard InChI is InChI=1S/C17H16N2O4S3/c20-15-11-12(19-26(22,23)16-4-2-10-25-16)5-6-14(15)17(21)18-8-7-13-3-1-9-24-13/h1-6,9-11,19-20H,7-8H2,(H,18,21). The van der Waals surface area contributed by atoms with Gasteiger partial charge >= 0.3 is 0 Å². The van der Waals surface area contributed by atoms with Gasteiger partial charge in [0.05, 0.1) is 11.3 Å². The lowest BCUT2D eigenvalue weighted by Gasteiger charge is -2.10. The Hall–Kier alpha value is -2.36. The zero-order valence-corrected chi connectivity index (χ0v) is 16.0. The quantitative estimate of drug-likeness (QED) is 0.559. The lowest BCUT2D eigenvalue weighted by Crippen LogP contribution is -2.25. The van der Waals surface area contributed by atoms with E-state index in [0.29, 0.717) is 13.0 Å². The average molecular weight is 409 g/mol. The first-order valence-corrected chi connectivity index (χ1v) is 10.9. The van der Waals surface area contributed by atoms with E-state index in [1.54, 1.807) is 22.8 Å². The smallest absolute Gasteiger partial charge is 0.271 e. The Balaban J connectivity index is 1.64. The summed E-state index contributed by atoms with van der Waals surface area (Å²) in [6.45, 7) is 0.450. The highest BCUT2D eigenvalue weighted by molar-refractivity contribution is 7.94. The predicted octanol–water partition coefficient (Wildman–Crippen LogP) is 3.29. The van der Waals surface area contributed by atoms with E-state index in [4.69, 9.17) is 0 Å². The van der Waals surface area contributed by atoms with Crippen molar-refractivity contribution >= 4 is 44.3 Å². The number of carbonyl (C=O) groups excluding carboxylic acids is 1. The summed E-state index contributed by atoms with van der Waals surface area (Å²) < 4.78 is 26.9. The van der Waals surface area contributed by atoms with E-state index in [1.165, 1.54) is 24.3 Å². The van der Waals surface area contributed by atoms with Crippen LogP contribution in [0, 0.1) is 0 Å². The van der Waals surface area contributed by atoms with Gasteiger partial charge in [0.25, 0.3) is 15.9 Å². The van der Waals surface area contributed by atoms with Crippen LogP contribution in [0.1, 0.15) is 15.2 Å². The highest BCUT2D eigenvalue weighted by Crippen LogP contribution is 2.25. The summed E-state index contributed by atoms with van der Waals surface area (Å²) >= 11 is 2.71. The number of carbonyl (C=O) groups is 1. The van der Waals surface area contributed by atoms with Gasteiger partial charge < -0.3 is 10.4 Å². The van der Waals surface area contributed by atoms with Crippen molar-refractivity contribution in [2.45, 2.75) is 10.6 Å². The fourth-order valence-electron chi connectivity index (χ4n) is 2.26. The van der Waals surface area contributed by atoms with Crippen LogP contribution in [0.5, 0.6) is 5.75 Å². The zero-order valence-electron chi connectivity index (χ0n) is 13.5. The molecule has 2 aromatic heterocycles. The third-order valence-corrected chi connectivity index (χ3v) is 7.21. The topological polar surface area (TPSA) is 95.5 Å². The number of benzene rings is 1. The van der Waals surface area contributed by atoms with Crippen molar-refractivity contribution in [3.05, 3.63) is 63.7 Å². The number of anilines is 1. The summed E-state index contributed by atoms with van der Waals surface area (Å²) in [5.74, 6) is -0.697. The fraction of sp³-hybridized carbons (Fsp3) is 0.118. The number of sulfonamides is 1. The molecular weight excluding hydrogens is 392 g/mol. The number of hydrogen-bond acceptors (Lipinski definition) is 6. The predicted molar refractivity (Wildman–Crippen MR) is 104 cm³/mol. The molecule has 6 nitrogen and oxygen atoms in total. The van der Waals surface area contributed by atoms with Gasteiger partial charge in [0.15, 0.2) is 0 Å². The molecule has 0 saturated carbocycles. The lowest BCUT2D eigenvalue weighted by atomic mass is 10.1. The van der Waals surface area contributed by atoms with Crippen LogP contribution < -0.4 is 10.0 Å². The van der Waals surface area contributed by atoms with Crippen LogP contribution in [0.3, 0.4) is 0 Å². The number of phenols is 1. The van der Waals surface area contributed by atoms with Crippen LogP contribution in [-0.2, 0) is 16.4 Å². The Morgan fingerprint density at radius 1 is 1.08 bits per heavy atom. The van der Waals surface area contributed by atoms with Gasteiger partial charge in [-0.25, -0.2) is 8.42 Å². The van der Waals surface area contributed by atoms with E-state index in [2.05, 4.69) is 10.0 Å². The van der Waals surface area contributed by atoms with Gasteiger partial charge in [0.2, 0.25) is 0 Å². The first kappa shape index (κ1) is 18.4. The van der Waals surface area contributed by atoms with Gasteiger partial charge in [-0.15, -0.1) is 22.7 Å². The highest BCUT2D eigenvalue weighted by atomic mass is 32.2. The summed E-state index contributed by atoms with van der Waals surface area (Å²) in [6, 6.07) is 11.1. The molecule has 0 aliphatic carbocycles. The number of aromatic hydroxyl groups is 1. The minimum Gasteiger partial charge on any atom is -0.507 e. The molecule has 0 fully saturated rings. The first-order valence-electron chi connectivity index (χ1n) is 7.65. The Morgan fingerprint density at radius 2 is 1.85 bits per heavy atom. The van der Waals surface area contributed by atoms with Gasteiger partial charge in [0, 0.05) is 17.5 Å². The van der Waals surface area contributed by atoms with E-state index in [1.807, 2.05) is 17.5 Å². The average Bonchev–Trinajstić information content (AvgIpc) is 3.28. The molecular formula is C17H16N2O4S3. The van der Waals surface area contributed by atoms with Crippen molar-refractivity contribution in [3.8, 4) is 5.75 Å². The van der Waals surface area contributed by atoms with Crippen LogP contribution in [0.4, 0.5) is 5.69 Å². The van der Waals surface area contributed by atoms with E-state index in [0.717, 1.165) is 16.2 Å². The molecule has 0 aliphatic heterocycles. The minimum atomic E-state index is -3.70. The SMILES string of the molecule is O=C(NCCc1cccs1)c1ccc(NS(=O)(=O)c2cccs2)cc1O. The molecule has 9 heteroatoms. The maximum absolute atomic E-state index is 12.2. The third kappa shape index (κ3) is 4.43. The van der Waals surface area contributed by atoms with Crippen LogP contribution in [0.2, 0.25) is 0 Å². The summed E-state index contributed by atoms with van der Waals surface area (Å²) in [4.78, 5) is 13.3. The number of thiophene rings is 2. The molecule has 0 radical (unpaired) electrons. The molecule has 3 aromatic rings. The Bertz CT molecular complexity index is 981. The van der Waals surface area contributed by atoms with Gasteiger partial charge in [-0.2, -0.15) is 0 Å². The molecule has 0 atom stereocenters. The maximum atomic E-state index is 12.2. The largest absolute Gasteiger partial charge is 0.507 e. The van der Waals surface area contributed by atoms with Gasteiger partial charge in [-0.1, -0.05) is 12.1 Å². The molecule has 136 valence electrons. The number of rotatable bonds is 7. The van der Waals surface area contributed by atoms with E-state index >= 15 is 0 Å². The van der Waals surface area contributed by atoms with Crippen LogP contribution in [-0.4, -0.2) is 26.0 Å². The molecule has 2 heterocycles. The van der Waals surface area contributed by atoms with Crippen molar-refractivity contribution in [2.75, 3.05) is 11.3 Å².